The van der Waals surface area contributed by atoms with Crippen LogP contribution in [0.4, 0.5) is 0 Å². The normalized spacial score (nSPS) is 23.6. The molecule has 3 nitrogen and oxygen atoms in total. The van der Waals surface area contributed by atoms with Crippen LogP contribution in [0.5, 0.6) is 0 Å². The van der Waals surface area contributed by atoms with Gasteiger partial charge in [0.15, 0.2) is 5.89 Å². The van der Waals surface area contributed by atoms with Crippen molar-refractivity contribution in [3.8, 4) is 0 Å². The molecular weight excluding hydrogens is 176 g/mol. The van der Waals surface area contributed by atoms with Gasteiger partial charge in [0.05, 0.1) is 5.69 Å². The molecule has 1 aliphatic rings. The molecule has 0 amide bonds. The van der Waals surface area contributed by atoms with E-state index in [4.69, 9.17) is 4.42 Å². The van der Waals surface area contributed by atoms with Gasteiger partial charge in [-0.05, 0) is 33.7 Å². The lowest BCUT2D eigenvalue weighted by molar-refractivity contribution is 0.268. The van der Waals surface area contributed by atoms with Crippen molar-refractivity contribution in [2.75, 3.05) is 13.1 Å². The molecule has 1 aliphatic heterocycles. The predicted octanol–water partition coefficient (Wildman–Crippen LogP) is 2.18. The number of oxazole rings is 1. The molecule has 1 saturated heterocycles. The number of rotatable bonds is 2. The Morgan fingerprint density at radius 2 is 2.36 bits per heavy atom. The Morgan fingerprint density at radius 1 is 1.57 bits per heavy atom. The largest absolute Gasteiger partial charge is 0.448 e. The van der Waals surface area contributed by atoms with E-state index >= 15 is 0 Å². The molecule has 0 spiro atoms. The molecule has 3 heteroatoms. The van der Waals surface area contributed by atoms with Gasteiger partial charge in [0, 0.05) is 18.5 Å². The Bertz CT molecular complexity index is 306. The smallest absolute Gasteiger partial charge is 0.198 e. The van der Waals surface area contributed by atoms with Crippen molar-refractivity contribution < 1.29 is 4.42 Å². The fourth-order valence-corrected chi connectivity index (χ4v) is 2.02. The quantitative estimate of drug-likeness (QED) is 0.722. The Balaban J connectivity index is 2.02. The standard InChI is InChI=1S/C11H18N2O/c1-8(2)13-5-4-10(6-13)11-12-9(3)7-14-11/h7-8,10H,4-6H2,1-3H3. The minimum absolute atomic E-state index is 0.506. The summed E-state index contributed by atoms with van der Waals surface area (Å²) in [4.78, 5) is 6.87. The summed E-state index contributed by atoms with van der Waals surface area (Å²) in [6.07, 6.45) is 2.92. The van der Waals surface area contributed by atoms with Crippen LogP contribution in [0.15, 0.2) is 10.7 Å². The molecule has 0 bridgehead atoms. The van der Waals surface area contributed by atoms with E-state index in [0.717, 1.165) is 18.1 Å². The molecule has 1 fully saturated rings. The van der Waals surface area contributed by atoms with Gasteiger partial charge in [-0.1, -0.05) is 0 Å². The molecule has 0 aromatic carbocycles. The topological polar surface area (TPSA) is 29.3 Å². The monoisotopic (exact) mass is 194 g/mol. The molecular formula is C11H18N2O. The third kappa shape index (κ3) is 1.82. The lowest BCUT2D eigenvalue weighted by Crippen LogP contribution is -2.27. The molecule has 0 radical (unpaired) electrons. The maximum Gasteiger partial charge on any atom is 0.198 e. The highest BCUT2D eigenvalue weighted by Crippen LogP contribution is 2.27. The van der Waals surface area contributed by atoms with E-state index in [2.05, 4.69) is 23.7 Å². The van der Waals surface area contributed by atoms with E-state index in [1.807, 2.05) is 6.92 Å². The number of nitrogens with zero attached hydrogens (tertiary/aromatic N) is 2. The maximum absolute atomic E-state index is 5.44. The van der Waals surface area contributed by atoms with Gasteiger partial charge in [-0.3, -0.25) is 0 Å². The Hall–Kier alpha value is -0.830. The highest BCUT2D eigenvalue weighted by molar-refractivity contribution is 5.02. The summed E-state index contributed by atoms with van der Waals surface area (Å²) in [5, 5.41) is 0. The van der Waals surface area contributed by atoms with Crippen LogP contribution in [0.3, 0.4) is 0 Å². The summed E-state index contributed by atoms with van der Waals surface area (Å²) < 4.78 is 5.44. The maximum atomic E-state index is 5.44. The lowest BCUT2D eigenvalue weighted by atomic mass is 10.1. The molecule has 2 heterocycles. The van der Waals surface area contributed by atoms with Crippen LogP contribution in [0.2, 0.25) is 0 Å². The lowest BCUT2D eigenvalue weighted by Gasteiger charge is -2.19. The van der Waals surface area contributed by atoms with Crippen molar-refractivity contribution in [1.29, 1.82) is 0 Å². The zero-order valence-corrected chi connectivity index (χ0v) is 9.16. The van der Waals surface area contributed by atoms with Crippen molar-refractivity contribution in [3.05, 3.63) is 17.8 Å². The second kappa shape index (κ2) is 3.73. The van der Waals surface area contributed by atoms with Gasteiger partial charge >= 0.3 is 0 Å². The fourth-order valence-electron chi connectivity index (χ4n) is 2.02. The Kier molecular flexibility index (Phi) is 2.59. The van der Waals surface area contributed by atoms with E-state index in [1.54, 1.807) is 6.26 Å². The summed E-state index contributed by atoms with van der Waals surface area (Å²) >= 11 is 0. The molecule has 1 aromatic rings. The molecule has 0 aliphatic carbocycles. The van der Waals surface area contributed by atoms with Crippen LogP contribution in [0.25, 0.3) is 0 Å². The molecule has 1 unspecified atom stereocenters. The van der Waals surface area contributed by atoms with Crippen molar-refractivity contribution >= 4 is 0 Å². The van der Waals surface area contributed by atoms with Crippen LogP contribution in [0, 0.1) is 6.92 Å². The first-order chi connectivity index (χ1) is 6.66. The predicted molar refractivity (Wildman–Crippen MR) is 55.3 cm³/mol. The van der Waals surface area contributed by atoms with Crippen LogP contribution >= 0.6 is 0 Å². The number of aromatic nitrogens is 1. The minimum Gasteiger partial charge on any atom is -0.448 e. The third-order valence-electron chi connectivity index (χ3n) is 2.94. The molecule has 14 heavy (non-hydrogen) atoms. The first-order valence-electron chi connectivity index (χ1n) is 5.33. The van der Waals surface area contributed by atoms with E-state index in [0.29, 0.717) is 12.0 Å². The second-order valence-corrected chi connectivity index (χ2v) is 4.40. The van der Waals surface area contributed by atoms with E-state index in [1.165, 1.54) is 13.0 Å². The SMILES string of the molecule is Cc1coc(C2CCN(C(C)C)C2)n1. The highest BCUT2D eigenvalue weighted by atomic mass is 16.3. The van der Waals surface area contributed by atoms with Gasteiger partial charge in [-0.15, -0.1) is 0 Å². The first-order valence-corrected chi connectivity index (χ1v) is 5.33. The summed E-state index contributed by atoms with van der Waals surface area (Å²) in [5.74, 6) is 1.43. The number of hydrogen-bond donors (Lipinski definition) is 0. The molecule has 1 aromatic heterocycles. The van der Waals surface area contributed by atoms with E-state index in [-0.39, 0.29) is 0 Å². The summed E-state index contributed by atoms with van der Waals surface area (Å²) in [6.45, 7) is 8.72. The molecule has 2 rings (SSSR count). The van der Waals surface area contributed by atoms with E-state index in [9.17, 15) is 0 Å². The zero-order chi connectivity index (χ0) is 10.1. The van der Waals surface area contributed by atoms with Gasteiger partial charge in [0.2, 0.25) is 0 Å². The Labute approximate surface area is 85.1 Å². The molecule has 1 atom stereocenters. The van der Waals surface area contributed by atoms with Gasteiger partial charge in [-0.25, -0.2) is 4.98 Å². The zero-order valence-electron chi connectivity index (χ0n) is 9.16. The summed E-state index contributed by atoms with van der Waals surface area (Å²) in [7, 11) is 0. The second-order valence-electron chi connectivity index (χ2n) is 4.40. The molecule has 78 valence electrons. The highest BCUT2D eigenvalue weighted by Gasteiger charge is 2.28. The molecule has 0 N–H and O–H groups in total. The third-order valence-corrected chi connectivity index (χ3v) is 2.94. The van der Waals surface area contributed by atoms with Crippen LogP contribution in [-0.2, 0) is 0 Å². The summed E-state index contributed by atoms with van der Waals surface area (Å²) in [6, 6.07) is 0.635. The van der Waals surface area contributed by atoms with Crippen LogP contribution < -0.4 is 0 Å². The number of aryl methyl sites for hydroxylation is 1. The Morgan fingerprint density at radius 3 is 2.86 bits per heavy atom. The average molecular weight is 194 g/mol. The van der Waals surface area contributed by atoms with E-state index < -0.39 is 0 Å². The van der Waals surface area contributed by atoms with Crippen molar-refractivity contribution in [2.45, 2.75) is 39.2 Å². The fraction of sp³-hybridized carbons (Fsp3) is 0.727. The van der Waals surface area contributed by atoms with Crippen LogP contribution in [0.1, 0.15) is 37.8 Å². The van der Waals surface area contributed by atoms with Crippen molar-refractivity contribution in [1.82, 2.24) is 9.88 Å². The number of hydrogen-bond acceptors (Lipinski definition) is 3. The van der Waals surface area contributed by atoms with Gasteiger partial charge in [0.25, 0.3) is 0 Å². The van der Waals surface area contributed by atoms with Gasteiger partial charge in [0.1, 0.15) is 6.26 Å². The summed E-state index contributed by atoms with van der Waals surface area (Å²) in [5.41, 5.74) is 0.989. The van der Waals surface area contributed by atoms with Gasteiger partial charge < -0.3 is 9.32 Å². The number of likely N-dealkylation sites (tertiary alicyclic amines) is 1. The van der Waals surface area contributed by atoms with Crippen molar-refractivity contribution in [2.24, 2.45) is 0 Å². The minimum atomic E-state index is 0.506. The van der Waals surface area contributed by atoms with Gasteiger partial charge in [-0.2, -0.15) is 0 Å². The van der Waals surface area contributed by atoms with Crippen LogP contribution in [-0.4, -0.2) is 29.0 Å². The molecule has 0 saturated carbocycles. The average Bonchev–Trinajstić information content (AvgIpc) is 2.70. The first kappa shape index (κ1) is 9.71. The van der Waals surface area contributed by atoms with Crippen molar-refractivity contribution in [3.63, 3.8) is 0 Å².